The number of ether oxygens (including phenoxy) is 1. The molecule has 1 aliphatic carbocycles. The summed E-state index contributed by atoms with van der Waals surface area (Å²) in [5, 5.41) is 2.90. The van der Waals surface area contributed by atoms with Gasteiger partial charge in [0, 0.05) is 0 Å². The molecule has 0 aliphatic heterocycles. The highest BCUT2D eigenvalue weighted by Gasteiger charge is 2.28. The Morgan fingerprint density at radius 2 is 1.71 bits per heavy atom. The summed E-state index contributed by atoms with van der Waals surface area (Å²) in [6.07, 6.45) is 3.24. The van der Waals surface area contributed by atoms with E-state index >= 15 is 0 Å². The third kappa shape index (κ3) is 5.07. The number of fused-ring (bicyclic) bond motifs is 1. The number of sulfonamides is 1. The number of hydrogen-bond donors (Lipinski definition) is 1. The van der Waals surface area contributed by atoms with Crippen molar-refractivity contribution < 1.29 is 22.3 Å². The summed E-state index contributed by atoms with van der Waals surface area (Å²) in [6, 6.07) is 16.8. The standard InChI is InChI=1S/C26H27FN2O4S/c1-18(20-7-6-19-4-3-5-21(19)16-20)28-26(30)17-29(23-10-8-22(27)9-11-23)34(31,32)25-14-12-24(33-2)13-15-25/h6-16,18H,3-5,17H2,1-2H3,(H,28,30)/t18-/m1/s1. The second-order valence-electron chi connectivity index (χ2n) is 8.33. The number of carbonyl (C=O) groups is 1. The Morgan fingerprint density at radius 1 is 1.03 bits per heavy atom. The summed E-state index contributed by atoms with van der Waals surface area (Å²) in [6.45, 7) is 1.42. The third-order valence-electron chi connectivity index (χ3n) is 6.05. The van der Waals surface area contributed by atoms with Gasteiger partial charge in [-0.2, -0.15) is 0 Å². The maximum absolute atomic E-state index is 13.5. The fourth-order valence-corrected chi connectivity index (χ4v) is 5.58. The first-order valence-corrected chi connectivity index (χ1v) is 12.6. The molecule has 0 unspecified atom stereocenters. The monoisotopic (exact) mass is 482 g/mol. The topological polar surface area (TPSA) is 75.7 Å². The lowest BCUT2D eigenvalue weighted by atomic mass is 10.0. The van der Waals surface area contributed by atoms with Gasteiger partial charge in [-0.05, 0) is 91.4 Å². The molecule has 34 heavy (non-hydrogen) atoms. The number of nitrogens with one attached hydrogen (secondary N) is 1. The van der Waals surface area contributed by atoms with Gasteiger partial charge in [0.15, 0.2) is 0 Å². The first kappa shape index (κ1) is 23.8. The highest BCUT2D eigenvalue weighted by atomic mass is 32.2. The van der Waals surface area contributed by atoms with Crippen molar-refractivity contribution in [1.29, 1.82) is 0 Å². The van der Waals surface area contributed by atoms with Gasteiger partial charge in [0.2, 0.25) is 5.91 Å². The molecule has 4 rings (SSSR count). The maximum Gasteiger partial charge on any atom is 0.264 e. The van der Waals surface area contributed by atoms with E-state index in [4.69, 9.17) is 4.74 Å². The van der Waals surface area contributed by atoms with Crippen LogP contribution in [0, 0.1) is 5.82 Å². The summed E-state index contributed by atoms with van der Waals surface area (Å²) in [5.74, 6) is -0.456. The Balaban J connectivity index is 1.57. The first-order chi connectivity index (χ1) is 16.3. The minimum atomic E-state index is -4.10. The minimum Gasteiger partial charge on any atom is -0.497 e. The van der Waals surface area contributed by atoms with Crippen LogP contribution in [0.4, 0.5) is 10.1 Å². The second kappa shape index (κ2) is 9.85. The fourth-order valence-electron chi connectivity index (χ4n) is 4.16. The predicted molar refractivity (Wildman–Crippen MR) is 129 cm³/mol. The molecule has 8 heteroatoms. The normalized spacial score (nSPS) is 13.7. The molecule has 1 atom stereocenters. The number of methoxy groups -OCH3 is 1. The van der Waals surface area contributed by atoms with E-state index in [2.05, 4.69) is 17.4 Å². The lowest BCUT2D eigenvalue weighted by molar-refractivity contribution is -0.120. The molecule has 0 radical (unpaired) electrons. The van der Waals surface area contributed by atoms with E-state index in [0.717, 1.165) is 41.3 Å². The number of benzene rings is 3. The highest BCUT2D eigenvalue weighted by molar-refractivity contribution is 7.92. The quantitative estimate of drug-likeness (QED) is 0.517. The number of anilines is 1. The summed E-state index contributed by atoms with van der Waals surface area (Å²) in [7, 11) is -2.61. The zero-order valence-corrected chi connectivity index (χ0v) is 19.9. The molecule has 0 heterocycles. The fraction of sp³-hybridized carbons (Fsp3) is 0.269. The predicted octanol–water partition coefficient (Wildman–Crippen LogP) is 4.40. The van der Waals surface area contributed by atoms with Gasteiger partial charge in [-0.3, -0.25) is 9.10 Å². The third-order valence-corrected chi connectivity index (χ3v) is 7.84. The van der Waals surface area contributed by atoms with Crippen LogP contribution in [0.25, 0.3) is 0 Å². The van der Waals surface area contributed by atoms with Gasteiger partial charge in [-0.15, -0.1) is 0 Å². The Bertz CT molecular complexity index is 1280. The van der Waals surface area contributed by atoms with Crippen LogP contribution >= 0.6 is 0 Å². The number of hydrogen-bond acceptors (Lipinski definition) is 4. The van der Waals surface area contributed by atoms with Crippen LogP contribution < -0.4 is 14.4 Å². The van der Waals surface area contributed by atoms with Crippen molar-refractivity contribution in [3.05, 3.63) is 89.2 Å². The molecule has 3 aromatic carbocycles. The largest absolute Gasteiger partial charge is 0.497 e. The Morgan fingerprint density at radius 3 is 2.38 bits per heavy atom. The molecule has 0 bridgehead atoms. The van der Waals surface area contributed by atoms with Crippen LogP contribution in [0.1, 0.15) is 36.1 Å². The van der Waals surface area contributed by atoms with Gasteiger partial charge in [0.1, 0.15) is 18.1 Å². The molecule has 6 nitrogen and oxygen atoms in total. The molecule has 0 fully saturated rings. The van der Waals surface area contributed by atoms with E-state index < -0.39 is 28.3 Å². The van der Waals surface area contributed by atoms with Crippen molar-refractivity contribution >= 4 is 21.6 Å². The smallest absolute Gasteiger partial charge is 0.264 e. The van der Waals surface area contributed by atoms with E-state index in [0.29, 0.717) is 5.75 Å². The lowest BCUT2D eigenvalue weighted by Gasteiger charge is -2.25. The zero-order valence-electron chi connectivity index (χ0n) is 19.1. The number of rotatable bonds is 8. The maximum atomic E-state index is 13.5. The van der Waals surface area contributed by atoms with Crippen molar-refractivity contribution in [2.24, 2.45) is 0 Å². The van der Waals surface area contributed by atoms with Crippen LogP contribution in [0.15, 0.2) is 71.6 Å². The summed E-state index contributed by atoms with van der Waals surface area (Å²) in [4.78, 5) is 13.0. The van der Waals surface area contributed by atoms with Gasteiger partial charge >= 0.3 is 0 Å². The SMILES string of the molecule is COc1ccc(S(=O)(=O)N(CC(=O)N[C@H](C)c2ccc3c(c2)CCC3)c2ccc(F)cc2)cc1. The van der Waals surface area contributed by atoms with Crippen LogP contribution in [-0.4, -0.2) is 28.0 Å². The van der Waals surface area contributed by atoms with E-state index in [9.17, 15) is 17.6 Å². The number of amides is 1. The van der Waals surface area contributed by atoms with Crippen LogP contribution in [0.5, 0.6) is 5.75 Å². The van der Waals surface area contributed by atoms with E-state index in [1.54, 1.807) is 0 Å². The van der Waals surface area contributed by atoms with Crippen molar-refractivity contribution in [3.63, 3.8) is 0 Å². The molecular formula is C26H27FN2O4S. The van der Waals surface area contributed by atoms with Crippen molar-refractivity contribution in [2.75, 3.05) is 18.0 Å². The molecule has 0 spiro atoms. The molecule has 3 aromatic rings. The lowest BCUT2D eigenvalue weighted by Crippen LogP contribution is -2.41. The summed E-state index contributed by atoms with van der Waals surface area (Å²) < 4.78 is 46.5. The summed E-state index contributed by atoms with van der Waals surface area (Å²) >= 11 is 0. The molecule has 0 saturated carbocycles. The van der Waals surface area contributed by atoms with Gasteiger partial charge < -0.3 is 10.1 Å². The Kier molecular flexibility index (Phi) is 6.88. The number of carbonyl (C=O) groups excluding carboxylic acids is 1. The van der Waals surface area contributed by atoms with Crippen LogP contribution in [0.2, 0.25) is 0 Å². The molecule has 0 aromatic heterocycles. The van der Waals surface area contributed by atoms with Crippen LogP contribution in [0.3, 0.4) is 0 Å². The van der Waals surface area contributed by atoms with E-state index in [-0.39, 0.29) is 16.6 Å². The van der Waals surface area contributed by atoms with Gasteiger partial charge in [-0.1, -0.05) is 18.2 Å². The number of nitrogens with zero attached hydrogens (tertiary/aromatic N) is 1. The van der Waals surface area contributed by atoms with E-state index in [1.807, 2.05) is 13.0 Å². The summed E-state index contributed by atoms with van der Waals surface area (Å²) in [5.41, 5.74) is 3.81. The van der Waals surface area contributed by atoms with Gasteiger partial charge in [-0.25, -0.2) is 12.8 Å². The average molecular weight is 483 g/mol. The number of halogens is 1. The zero-order chi connectivity index (χ0) is 24.3. The molecule has 1 amide bonds. The van der Waals surface area contributed by atoms with Crippen LogP contribution in [-0.2, 0) is 27.7 Å². The van der Waals surface area contributed by atoms with Gasteiger partial charge in [0.25, 0.3) is 10.0 Å². The van der Waals surface area contributed by atoms with Crippen molar-refractivity contribution in [1.82, 2.24) is 5.32 Å². The van der Waals surface area contributed by atoms with Crippen molar-refractivity contribution in [2.45, 2.75) is 37.1 Å². The minimum absolute atomic E-state index is 0.00269. The second-order valence-corrected chi connectivity index (χ2v) is 10.2. The molecule has 1 aliphatic rings. The molecule has 1 N–H and O–H groups in total. The Labute approximate surface area is 199 Å². The Hall–Kier alpha value is -3.39. The molecule has 0 saturated heterocycles. The highest BCUT2D eigenvalue weighted by Crippen LogP contribution is 2.27. The van der Waals surface area contributed by atoms with Crippen molar-refractivity contribution in [3.8, 4) is 5.75 Å². The molecule has 178 valence electrons. The van der Waals surface area contributed by atoms with E-state index in [1.165, 1.54) is 54.6 Å². The first-order valence-electron chi connectivity index (χ1n) is 11.1. The van der Waals surface area contributed by atoms with Gasteiger partial charge in [0.05, 0.1) is 23.7 Å². The average Bonchev–Trinajstić information content (AvgIpc) is 3.31. The number of aryl methyl sites for hydroxylation is 2. The molecular weight excluding hydrogens is 455 g/mol.